The Kier molecular flexibility index (Phi) is 5.29. The molecule has 1 rings (SSSR count). The van der Waals surface area contributed by atoms with Gasteiger partial charge in [0.1, 0.15) is 5.75 Å². The van der Waals surface area contributed by atoms with Crippen LogP contribution in [0.4, 0.5) is 0 Å². The van der Waals surface area contributed by atoms with Crippen molar-refractivity contribution in [3.8, 4) is 5.75 Å². The van der Waals surface area contributed by atoms with Gasteiger partial charge in [0.2, 0.25) is 0 Å². The first-order chi connectivity index (χ1) is 7.67. The van der Waals surface area contributed by atoms with Gasteiger partial charge >= 0.3 is 0 Å². The number of hydrogen-bond donors (Lipinski definition) is 2. The van der Waals surface area contributed by atoms with Crippen LogP contribution in [0.25, 0.3) is 0 Å². The molecule has 0 amide bonds. The monoisotopic (exact) mass is 223 g/mol. The summed E-state index contributed by atoms with van der Waals surface area (Å²) in [6, 6.07) is 8.65. The number of ether oxygens (including phenoxy) is 1. The molecule has 2 N–H and O–H groups in total. The van der Waals surface area contributed by atoms with E-state index in [1.807, 2.05) is 12.1 Å². The molecular weight excluding hydrogens is 202 g/mol. The zero-order valence-electron chi connectivity index (χ0n) is 10.2. The normalized spacial score (nSPS) is 14.5. The molecule has 0 aliphatic carbocycles. The third kappa shape index (κ3) is 3.83. The van der Waals surface area contributed by atoms with Gasteiger partial charge in [0, 0.05) is 18.7 Å². The lowest BCUT2D eigenvalue weighted by Crippen LogP contribution is -2.29. The Hall–Kier alpha value is -1.06. The lowest BCUT2D eigenvalue weighted by molar-refractivity contribution is 0.264. The fourth-order valence-corrected chi connectivity index (χ4v) is 1.69. The van der Waals surface area contributed by atoms with Crippen molar-refractivity contribution in [1.29, 1.82) is 0 Å². The smallest absolute Gasteiger partial charge is 0.118 e. The Morgan fingerprint density at radius 1 is 1.25 bits per heavy atom. The zero-order chi connectivity index (χ0) is 12.0. The first-order valence-electron chi connectivity index (χ1n) is 5.68. The highest BCUT2D eigenvalue weighted by Gasteiger charge is 2.08. The maximum Gasteiger partial charge on any atom is 0.118 e. The largest absolute Gasteiger partial charge is 0.497 e. The van der Waals surface area contributed by atoms with Crippen molar-refractivity contribution < 1.29 is 9.84 Å². The first kappa shape index (κ1) is 13.0. The van der Waals surface area contributed by atoms with Gasteiger partial charge in [-0.1, -0.05) is 12.1 Å². The molecule has 0 aromatic heterocycles. The predicted molar refractivity (Wildman–Crippen MR) is 65.7 cm³/mol. The quantitative estimate of drug-likeness (QED) is 0.776. The Balaban J connectivity index is 2.55. The molecule has 16 heavy (non-hydrogen) atoms. The summed E-state index contributed by atoms with van der Waals surface area (Å²) in [7, 11) is 1.67. The minimum Gasteiger partial charge on any atom is -0.497 e. The lowest BCUT2D eigenvalue weighted by atomic mass is 10.1. The van der Waals surface area contributed by atoms with Crippen LogP contribution < -0.4 is 10.1 Å². The van der Waals surface area contributed by atoms with Gasteiger partial charge in [0.25, 0.3) is 0 Å². The fraction of sp³-hybridized carbons (Fsp3) is 0.538. The molecular formula is C13H21NO2. The van der Waals surface area contributed by atoms with Crippen LogP contribution in [0.2, 0.25) is 0 Å². The van der Waals surface area contributed by atoms with Gasteiger partial charge in [0.05, 0.1) is 7.11 Å². The first-order valence-corrected chi connectivity index (χ1v) is 5.68. The zero-order valence-corrected chi connectivity index (χ0v) is 10.2. The van der Waals surface area contributed by atoms with Gasteiger partial charge in [-0.2, -0.15) is 0 Å². The van der Waals surface area contributed by atoms with Gasteiger partial charge in [-0.25, -0.2) is 0 Å². The topological polar surface area (TPSA) is 41.5 Å². The molecule has 0 fully saturated rings. The van der Waals surface area contributed by atoms with Crippen molar-refractivity contribution in [1.82, 2.24) is 5.32 Å². The number of hydrogen-bond acceptors (Lipinski definition) is 3. The number of methoxy groups -OCH3 is 1. The molecule has 1 unspecified atom stereocenters. The minimum atomic E-state index is 0.226. The summed E-state index contributed by atoms with van der Waals surface area (Å²) < 4.78 is 5.12. The third-order valence-corrected chi connectivity index (χ3v) is 2.71. The summed E-state index contributed by atoms with van der Waals surface area (Å²) in [6.45, 7) is 4.43. The molecule has 0 bridgehead atoms. The Morgan fingerprint density at radius 2 is 1.88 bits per heavy atom. The number of nitrogens with one attached hydrogen (secondary N) is 1. The van der Waals surface area contributed by atoms with Crippen molar-refractivity contribution in [2.24, 2.45) is 0 Å². The Bertz CT molecular complexity index is 297. The summed E-state index contributed by atoms with van der Waals surface area (Å²) in [4.78, 5) is 0. The second-order valence-corrected chi connectivity index (χ2v) is 4.07. The second-order valence-electron chi connectivity index (χ2n) is 4.07. The van der Waals surface area contributed by atoms with E-state index in [4.69, 9.17) is 9.84 Å². The Labute approximate surface area is 97.4 Å². The number of aliphatic hydroxyl groups excluding tert-OH is 1. The molecule has 1 aromatic carbocycles. The summed E-state index contributed by atoms with van der Waals surface area (Å²) in [5.41, 5.74) is 1.23. The molecule has 1 aromatic rings. The molecule has 0 spiro atoms. The van der Waals surface area contributed by atoms with Crippen LogP contribution in [0.1, 0.15) is 31.9 Å². The van der Waals surface area contributed by atoms with Gasteiger partial charge in [-0.3, -0.25) is 0 Å². The van der Waals surface area contributed by atoms with E-state index in [1.165, 1.54) is 5.56 Å². The van der Waals surface area contributed by atoms with E-state index in [0.29, 0.717) is 6.04 Å². The van der Waals surface area contributed by atoms with Crippen LogP contribution in [0.5, 0.6) is 5.75 Å². The van der Waals surface area contributed by atoms with Crippen LogP contribution in [0.3, 0.4) is 0 Å². The van der Waals surface area contributed by atoms with E-state index in [2.05, 4.69) is 31.3 Å². The van der Waals surface area contributed by atoms with Crippen LogP contribution in [-0.2, 0) is 0 Å². The standard InChI is InChI=1S/C13H21NO2/c1-10(8-9-15)14-11(2)12-4-6-13(16-3)7-5-12/h4-7,10-11,14-15H,8-9H2,1-3H3/t10-,11?/m1/s1. The lowest BCUT2D eigenvalue weighted by Gasteiger charge is -2.19. The molecule has 2 atom stereocenters. The van der Waals surface area contributed by atoms with Gasteiger partial charge in [0.15, 0.2) is 0 Å². The summed E-state index contributed by atoms with van der Waals surface area (Å²) in [5.74, 6) is 0.874. The maximum atomic E-state index is 8.83. The molecule has 3 nitrogen and oxygen atoms in total. The summed E-state index contributed by atoms with van der Waals surface area (Å²) in [6.07, 6.45) is 0.778. The summed E-state index contributed by atoms with van der Waals surface area (Å²) in [5, 5.41) is 12.3. The van der Waals surface area contributed by atoms with Crippen LogP contribution in [-0.4, -0.2) is 24.9 Å². The van der Waals surface area contributed by atoms with Crippen LogP contribution in [0, 0.1) is 0 Å². The Morgan fingerprint density at radius 3 is 2.38 bits per heavy atom. The molecule has 0 heterocycles. The van der Waals surface area contributed by atoms with E-state index < -0.39 is 0 Å². The van der Waals surface area contributed by atoms with E-state index in [1.54, 1.807) is 7.11 Å². The third-order valence-electron chi connectivity index (χ3n) is 2.71. The highest BCUT2D eigenvalue weighted by Crippen LogP contribution is 2.17. The van der Waals surface area contributed by atoms with E-state index in [9.17, 15) is 0 Å². The fourth-order valence-electron chi connectivity index (χ4n) is 1.69. The van der Waals surface area contributed by atoms with Crippen LogP contribution >= 0.6 is 0 Å². The highest BCUT2D eigenvalue weighted by molar-refractivity contribution is 5.28. The number of benzene rings is 1. The molecule has 0 aliphatic heterocycles. The van der Waals surface area contributed by atoms with Gasteiger partial charge < -0.3 is 15.2 Å². The van der Waals surface area contributed by atoms with Gasteiger partial charge in [-0.05, 0) is 38.0 Å². The van der Waals surface area contributed by atoms with Crippen molar-refractivity contribution in [2.45, 2.75) is 32.4 Å². The average molecular weight is 223 g/mol. The van der Waals surface area contributed by atoms with Crippen molar-refractivity contribution in [3.05, 3.63) is 29.8 Å². The van der Waals surface area contributed by atoms with Crippen molar-refractivity contribution in [2.75, 3.05) is 13.7 Å². The SMILES string of the molecule is COc1ccc(C(C)N[C@H](C)CCO)cc1. The number of aliphatic hydroxyl groups is 1. The maximum absolute atomic E-state index is 8.83. The van der Waals surface area contributed by atoms with Crippen molar-refractivity contribution >= 4 is 0 Å². The predicted octanol–water partition coefficient (Wildman–Crippen LogP) is 2.12. The van der Waals surface area contributed by atoms with Crippen LogP contribution in [0.15, 0.2) is 24.3 Å². The average Bonchev–Trinajstić information content (AvgIpc) is 2.29. The molecule has 3 heteroatoms. The van der Waals surface area contributed by atoms with E-state index in [-0.39, 0.29) is 12.6 Å². The molecule has 0 radical (unpaired) electrons. The number of rotatable bonds is 6. The minimum absolute atomic E-state index is 0.226. The summed E-state index contributed by atoms with van der Waals surface area (Å²) >= 11 is 0. The van der Waals surface area contributed by atoms with Crippen molar-refractivity contribution in [3.63, 3.8) is 0 Å². The van der Waals surface area contributed by atoms with E-state index in [0.717, 1.165) is 12.2 Å². The molecule has 0 saturated carbocycles. The highest BCUT2D eigenvalue weighted by atomic mass is 16.5. The molecule has 0 aliphatic rings. The molecule has 90 valence electrons. The van der Waals surface area contributed by atoms with Gasteiger partial charge in [-0.15, -0.1) is 0 Å². The van der Waals surface area contributed by atoms with E-state index >= 15 is 0 Å². The second kappa shape index (κ2) is 6.51. The molecule has 0 saturated heterocycles.